The predicted molar refractivity (Wildman–Crippen MR) is 135 cm³/mol. The molecule has 0 bridgehead atoms. The van der Waals surface area contributed by atoms with Crippen molar-refractivity contribution in [2.75, 3.05) is 37.6 Å². The Morgan fingerprint density at radius 2 is 1.97 bits per heavy atom. The molecule has 3 aliphatic heterocycles. The van der Waals surface area contributed by atoms with Gasteiger partial charge in [0.05, 0.1) is 5.92 Å². The van der Waals surface area contributed by atoms with Gasteiger partial charge in [0.2, 0.25) is 5.91 Å². The SMILES string of the molecule is CC[C@H]1CCCCN1CCCNC(=O)[C@H]1CCCN(c2ncnc3c2nc2n3CCCCC2)C1. The Morgan fingerprint density at radius 3 is 2.88 bits per heavy atom. The number of carbonyl (C=O) groups excluding carboxylic acids is 1. The largest absolute Gasteiger partial charge is 0.356 e. The van der Waals surface area contributed by atoms with E-state index in [2.05, 4.69) is 36.6 Å². The van der Waals surface area contributed by atoms with Crippen LogP contribution in [0, 0.1) is 5.92 Å². The number of anilines is 1. The van der Waals surface area contributed by atoms with Crippen LogP contribution in [0.1, 0.15) is 77.0 Å². The van der Waals surface area contributed by atoms with Crippen molar-refractivity contribution in [3.63, 3.8) is 0 Å². The number of piperidine rings is 2. The number of aryl methyl sites for hydroxylation is 2. The third-order valence-corrected chi connectivity index (χ3v) is 8.11. The van der Waals surface area contributed by atoms with Gasteiger partial charge in [-0.2, -0.15) is 0 Å². The van der Waals surface area contributed by atoms with E-state index < -0.39 is 0 Å². The highest BCUT2D eigenvalue weighted by molar-refractivity contribution is 5.85. The molecule has 0 radical (unpaired) electrons. The Morgan fingerprint density at radius 1 is 1.06 bits per heavy atom. The molecule has 1 N–H and O–H groups in total. The summed E-state index contributed by atoms with van der Waals surface area (Å²) in [6, 6.07) is 0.735. The van der Waals surface area contributed by atoms with Crippen LogP contribution < -0.4 is 10.2 Å². The van der Waals surface area contributed by atoms with Crippen molar-refractivity contribution in [3.05, 3.63) is 12.2 Å². The molecule has 34 heavy (non-hydrogen) atoms. The number of aromatic nitrogens is 4. The molecule has 0 saturated carbocycles. The number of hydrogen-bond acceptors (Lipinski definition) is 6. The Labute approximate surface area is 203 Å². The van der Waals surface area contributed by atoms with Crippen molar-refractivity contribution in [2.24, 2.45) is 5.92 Å². The molecule has 0 aliphatic carbocycles. The number of fused-ring (bicyclic) bond motifs is 3. The first-order valence-electron chi connectivity index (χ1n) is 13.7. The van der Waals surface area contributed by atoms with E-state index in [0.717, 1.165) is 80.7 Å². The summed E-state index contributed by atoms with van der Waals surface area (Å²) in [4.78, 5) is 32.1. The summed E-state index contributed by atoms with van der Waals surface area (Å²) in [5, 5.41) is 3.24. The van der Waals surface area contributed by atoms with Crippen LogP contribution in [0.15, 0.2) is 6.33 Å². The molecule has 5 heterocycles. The number of hydrogen-bond donors (Lipinski definition) is 1. The molecule has 2 aromatic rings. The first-order valence-corrected chi connectivity index (χ1v) is 13.7. The second kappa shape index (κ2) is 11.0. The van der Waals surface area contributed by atoms with E-state index in [9.17, 15) is 4.79 Å². The molecule has 0 spiro atoms. The number of amides is 1. The molecule has 8 heteroatoms. The van der Waals surface area contributed by atoms with Gasteiger partial charge >= 0.3 is 0 Å². The lowest BCUT2D eigenvalue weighted by Gasteiger charge is -2.35. The summed E-state index contributed by atoms with van der Waals surface area (Å²) in [7, 11) is 0. The van der Waals surface area contributed by atoms with Crippen LogP contribution in [0.2, 0.25) is 0 Å². The van der Waals surface area contributed by atoms with Crippen molar-refractivity contribution >= 4 is 22.9 Å². The number of likely N-dealkylation sites (tertiary alicyclic amines) is 1. The van der Waals surface area contributed by atoms with Crippen LogP contribution >= 0.6 is 0 Å². The van der Waals surface area contributed by atoms with Gasteiger partial charge < -0.3 is 19.7 Å². The van der Waals surface area contributed by atoms with E-state index in [4.69, 9.17) is 4.98 Å². The number of nitrogens with one attached hydrogen (secondary N) is 1. The predicted octanol–water partition coefficient (Wildman–Crippen LogP) is 3.54. The highest BCUT2D eigenvalue weighted by Gasteiger charge is 2.29. The van der Waals surface area contributed by atoms with Gasteiger partial charge in [0.15, 0.2) is 17.0 Å². The zero-order valence-electron chi connectivity index (χ0n) is 20.8. The van der Waals surface area contributed by atoms with Crippen molar-refractivity contribution in [1.82, 2.24) is 29.7 Å². The zero-order chi connectivity index (χ0) is 23.3. The maximum absolute atomic E-state index is 13.0. The van der Waals surface area contributed by atoms with Gasteiger partial charge in [-0.15, -0.1) is 0 Å². The number of carbonyl (C=O) groups is 1. The Bertz CT molecular complexity index is 973. The summed E-state index contributed by atoms with van der Waals surface area (Å²) < 4.78 is 2.28. The molecule has 5 rings (SSSR count). The number of nitrogens with zero attached hydrogens (tertiary/aromatic N) is 6. The van der Waals surface area contributed by atoms with Gasteiger partial charge in [-0.05, 0) is 57.9 Å². The van der Waals surface area contributed by atoms with Crippen LogP contribution in [-0.2, 0) is 17.8 Å². The van der Waals surface area contributed by atoms with E-state index >= 15 is 0 Å². The summed E-state index contributed by atoms with van der Waals surface area (Å²) >= 11 is 0. The van der Waals surface area contributed by atoms with E-state index in [0.29, 0.717) is 6.54 Å². The third-order valence-electron chi connectivity index (χ3n) is 8.11. The molecule has 8 nitrogen and oxygen atoms in total. The highest BCUT2D eigenvalue weighted by Crippen LogP contribution is 2.29. The van der Waals surface area contributed by atoms with Crippen molar-refractivity contribution in [3.8, 4) is 0 Å². The quantitative estimate of drug-likeness (QED) is 0.628. The minimum atomic E-state index is 0.0117. The van der Waals surface area contributed by atoms with Gasteiger partial charge in [0, 0.05) is 45.2 Å². The molecule has 1 amide bonds. The topological polar surface area (TPSA) is 79.2 Å². The third kappa shape index (κ3) is 5.07. The Kier molecular flexibility index (Phi) is 7.62. The van der Waals surface area contributed by atoms with Crippen LogP contribution in [0.4, 0.5) is 5.82 Å². The van der Waals surface area contributed by atoms with E-state index in [1.165, 1.54) is 51.5 Å². The Balaban J connectivity index is 1.18. The second-order valence-corrected chi connectivity index (χ2v) is 10.4. The van der Waals surface area contributed by atoms with Crippen LogP contribution in [0.5, 0.6) is 0 Å². The maximum atomic E-state index is 13.0. The molecule has 2 saturated heterocycles. The summed E-state index contributed by atoms with van der Waals surface area (Å²) in [5.41, 5.74) is 1.86. The average Bonchev–Trinajstić information content (AvgIpc) is 3.07. The summed E-state index contributed by atoms with van der Waals surface area (Å²) in [6.45, 7) is 8.01. The minimum Gasteiger partial charge on any atom is -0.356 e. The van der Waals surface area contributed by atoms with E-state index in [1.54, 1.807) is 6.33 Å². The van der Waals surface area contributed by atoms with Crippen LogP contribution in [-0.4, -0.2) is 69.1 Å². The normalized spacial score (nSPS) is 24.1. The molecule has 3 aliphatic rings. The van der Waals surface area contributed by atoms with Gasteiger partial charge in [-0.1, -0.05) is 19.8 Å². The fourth-order valence-electron chi connectivity index (χ4n) is 6.20. The number of rotatable bonds is 7. The van der Waals surface area contributed by atoms with Gasteiger partial charge in [0.25, 0.3) is 0 Å². The maximum Gasteiger partial charge on any atom is 0.224 e. The molecule has 0 aromatic carbocycles. The molecule has 2 aromatic heterocycles. The van der Waals surface area contributed by atoms with Crippen molar-refractivity contribution in [1.29, 1.82) is 0 Å². The van der Waals surface area contributed by atoms with Gasteiger partial charge in [-0.25, -0.2) is 15.0 Å². The first-order chi connectivity index (χ1) is 16.7. The van der Waals surface area contributed by atoms with Crippen LogP contribution in [0.25, 0.3) is 11.2 Å². The zero-order valence-corrected chi connectivity index (χ0v) is 20.8. The first kappa shape index (κ1) is 23.5. The molecule has 2 fully saturated rings. The second-order valence-electron chi connectivity index (χ2n) is 10.4. The van der Waals surface area contributed by atoms with E-state index in [-0.39, 0.29) is 11.8 Å². The summed E-state index contributed by atoms with van der Waals surface area (Å²) in [5.74, 6) is 2.25. The smallest absolute Gasteiger partial charge is 0.224 e. The van der Waals surface area contributed by atoms with Crippen molar-refractivity contribution in [2.45, 2.75) is 90.1 Å². The highest BCUT2D eigenvalue weighted by atomic mass is 16.1. The van der Waals surface area contributed by atoms with E-state index in [1.807, 2.05) is 0 Å². The molecule has 0 unspecified atom stereocenters. The standard InChI is InChI=1S/C26H41N7O/c1-2-21-11-5-7-14-31(21)16-9-13-27-26(34)20-10-8-15-32(18-20)24-23-25(29-19-28-24)33-17-6-3-4-12-22(33)30-23/h19-21H,2-18H2,1H3,(H,27,34)/t20-,21-/m0/s1. The lowest BCUT2D eigenvalue weighted by atomic mass is 9.97. The van der Waals surface area contributed by atoms with Gasteiger partial charge in [0.1, 0.15) is 12.2 Å². The fourth-order valence-corrected chi connectivity index (χ4v) is 6.20. The van der Waals surface area contributed by atoms with Crippen molar-refractivity contribution < 1.29 is 4.79 Å². The Hall–Kier alpha value is -2.22. The monoisotopic (exact) mass is 467 g/mol. The lowest BCUT2D eigenvalue weighted by Crippen LogP contribution is -2.44. The fraction of sp³-hybridized carbons (Fsp3) is 0.769. The van der Waals surface area contributed by atoms with Gasteiger partial charge in [-0.3, -0.25) is 4.79 Å². The minimum absolute atomic E-state index is 0.0117. The molecule has 186 valence electrons. The summed E-state index contributed by atoms with van der Waals surface area (Å²) in [6.07, 6.45) is 14.5. The molecular weight excluding hydrogens is 426 g/mol. The molecular formula is C26H41N7O. The van der Waals surface area contributed by atoms with Crippen LogP contribution in [0.3, 0.4) is 0 Å². The lowest BCUT2D eigenvalue weighted by molar-refractivity contribution is -0.125. The molecule has 2 atom stereocenters. The average molecular weight is 468 g/mol. The number of imidazole rings is 1.